The Morgan fingerprint density at radius 3 is 2.62 bits per heavy atom. The highest BCUT2D eigenvalue weighted by Gasteiger charge is 2.29. The monoisotopic (exact) mass is 306 g/mol. The van der Waals surface area contributed by atoms with Crippen molar-refractivity contribution in [2.45, 2.75) is 38.4 Å². The molecule has 3 nitrogen and oxygen atoms in total. The molecule has 3 unspecified atom stereocenters. The summed E-state index contributed by atoms with van der Waals surface area (Å²) in [6.07, 6.45) is 2.58. The van der Waals surface area contributed by atoms with Crippen LogP contribution < -0.4 is 5.73 Å². The van der Waals surface area contributed by atoms with Gasteiger partial charge in [0, 0.05) is 17.1 Å². The van der Waals surface area contributed by atoms with Gasteiger partial charge in [0.15, 0.2) is 0 Å². The maximum absolute atomic E-state index is 6.33. The molecule has 0 radical (unpaired) electrons. The minimum atomic E-state index is 0.0165. The van der Waals surface area contributed by atoms with Gasteiger partial charge < -0.3 is 10.2 Å². The topological polar surface area (TPSA) is 42.4 Å². The van der Waals surface area contributed by atoms with Gasteiger partial charge in [-0.15, -0.1) is 0 Å². The van der Waals surface area contributed by atoms with Crippen molar-refractivity contribution in [3.8, 4) is 0 Å². The fraction of sp³-hybridized carbons (Fsp3) is 0.412. The second-order valence-corrected chi connectivity index (χ2v) is 5.87. The minimum absolute atomic E-state index is 0.0165. The molecule has 114 valence electrons. The number of likely N-dealkylation sites (N-methyl/N-ethyl adjacent to an activating group) is 1. The molecule has 0 spiro atoms. The summed E-state index contributed by atoms with van der Waals surface area (Å²) in [6, 6.07) is 12.1. The van der Waals surface area contributed by atoms with Gasteiger partial charge in [-0.25, -0.2) is 0 Å². The Morgan fingerprint density at radius 1 is 1.29 bits per heavy atom. The van der Waals surface area contributed by atoms with E-state index in [2.05, 4.69) is 31.9 Å². The fourth-order valence-electron chi connectivity index (χ4n) is 2.64. The smallest absolute Gasteiger partial charge is 0.122 e. The van der Waals surface area contributed by atoms with Crippen LogP contribution >= 0.6 is 11.6 Å². The predicted octanol–water partition coefficient (Wildman–Crippen LogP) is 4.40. The molecule has 0 saturated heterocycles. The molecule has 1 aromatic heterocycles. The second-order valence-electron chi connectivity index (χ2n) is 5.43. The Balaban J connectivity index is 2.27. The van der Waals surface area contributed by atoms with Crippen molar-refractivity contribution >= 4 is 11.6 Å². The lowest BCUT2D eigenvalue weighted by molar-refractivity contribution is 0.138. The number of hydrogen-bond donors (Lipinski definition) is 1. The summed E-state index contributed by atoms with van der Waals surface area (Å²) in [6.45, 7) is 4.25. The third-order valence-electron chi connectivity index (χ3n) is 4.09. The van der Waals surface area contributed by atoms with Crippen LogP contribution in [-0.2, 0) is 0 Å². The molecule has 3 atom stereocenters. The van der Waals surface area contributed by atoms with Crippen LogP contribution in [0.15, 0.2) is 47.1 Å². The first-order valence-electron chi connectivity index (χ1n) is 7.31. The van der Waals surface area contributed by atoms with Gasteiger partial charge in [-0.05, 0) is 50.2 Å². The summed E-state index contributed by atoms with van der Waals surface area (Å²) in [4.78, 5) is 2.25. The first-order chi connectivity index (χ1) is 10.0. The van der Waals surface area contributed by atoms with E-state index >= 15 is 0 Å². The normalized spacial score (nSPS) is 15.9. The van der Waals surface area contributed by atoms with Crippen LogP contribution in [0.4, 0.5) is 0 Å². The molecule has 1 heterocycles. The number of hydrogen-bond acceptors (Lipinski definition) is 3. The molecule has 0 aliphatic carbocycles. The summed E-state index contributed by atoms with van der Waals surface area (Å²) >= 11 is 6.10. The standard InChI is InChI=1S/C17H23ClN2O/c1-4-15(19)17(16-9-6-10-21-16)20(3)12(2)13-7-5-8-14(18)11-13/h5-12,15,17H,4,19H2,1-3H3. The van der Waals surface area contributed by atoms with E-state index in [1.54, 1.807) is 6.26 Å². The molecule has 0 fully saturated rings. The zero-order valence-corrected chi connectivity index (χ0v) is 13.5. The summed E-state index contributed by atoms with van der Waals surface area (Å²) in [5.41, 5.74) is 7.50. The lowest BCUT2D eigenvalue weighted by Crippen LogP contribution is -2.39. The van der Waals surface area contributed by atoms with Crippen molar-refractivity contribution in [2.75, 3.05) is 7.05 Å². The minimum Gasteiger partial charge on any atom is -0.468 e. The van der Waals surface area contributed by atoms with Gasteiger partial charge in [-0.1, -0.05) is 30.7 Å². The van der Waals surface area contributed by atoms with Crippen molar-refractivity contribution in [1.29, 1.82) is 0 Å². The van der Waals surface area contributed by atoms with Crippen LogP contribution in [0.3, 0.4) is 0 Å². The van der Waals surface area contributed by atoms with E-state index in [0.717, 1.165) is 17.2 Å². The lowest BCUT2D eigenvalue weighted by atomic mass is 9.98. The molecule has 21 heavy (non-hydrogen) atoms. The van der Waals surface area contributed by atoms with Gasteiger partial charge in [-0.2, -0.15) is 0 Å². The van der Waals surface area contributed by atoms with E-state index in [1.807, 2.05) is 30.3 Å². The van der Waals surface area contributed by atoms with E-state index in [-0.39, 0.29) is 18.1 Å². The third kappa shape index (κ3) is 3.67. The highest BCUT2D eigenvalue weighted by molar-refractivity contribution is 6.30. The predicted molar refractivity (Wildman–Crippen MR) is 87.3 cm³/mol. The van der Waals surface area contributed by atoms with Crippen LogP contribution in [0.1, 0.15) is 43.7 Å². The van der Waals surface area contributed by atoms with E-state index < -0.39 is 0 Å². The lowest BCUT2D eigenvalue weighted by Gasteiger charge is -2.35. The van der Waals surface area contributed by atoms with Crippen molar-refractivity contribution in [3.63, 3.8) is 0 Å². The van der Waals surface area contributed by atoms with Crippen molar-refractivity contribution in [2.24, 2.45) is 5.73 Å². The highest BCUT2D eigenvalue weighted by atomic mass is 35.5. The zero-order valence-electron chi connectivity index (χ0n) is 12.8. The quantitative estimate of drug-likeness (QED) is 0.860. The van der Waals surface area contributed by atoms with E-state index in [9.17, 15) is 0 Å². The Bertz CT molecular complexity index is 556. The van der Waals surface area contributed by atoms with Crippen LogP contribution in [0.2, 0.25) is 5.02 Å². The van der Waals surface area contributed by atoms with E-state index in [4.69, 9.17) is 21.8 Å². The SMILES string of the molecule is CCC(N)C(c1ccco1)N(C)C(C)c1cccc(Cl)c1. The van der Waals surface area contributed by atoms with Gasteiger partial charge in [0.1, 0.15) is 5.76 Å². The average Bonchev–Trinajstić information content (AvgIpc) is 3.00. The molecule has 0 aliphatic heterocycles. The van der Waals surface area contributed by atoms with E-state index in [1.165, 1.54) is 5.56 Å². The van der Waals surface area contributed by atoms with Gasteiger partial charge in [0.05, 0.1) is 12.3 Å². The summed E-state index contributed by atoms with van der Waals surface area (Å²) < 4.78 is 5.60. The van der Waals surface area contributed by atoms with Crippen molar-refractivity contribution < 1.29 is 4.42 Å². The molecule has 0 aliphatic rings. The van der Waals surface area contributed by atoms with Gasteiger partial charge >= 0.3 is 0 Å². The molecule has 1 aromatic carbocycles. The molecule has 4 heteroatoms. The molecular weight excluding hydrogens is 284 g/mol. The summed E-state index contributed by atoms with van der Waals surface area (Å²) in [5.74, 6) is 0.903. The Kier molecular flexibility index (Phi) is 5.45. The van der Waals surface area contributed by atoms with Gasteiger partial charge in [0.2, 0.25) is 0 Å². The molecule has 2 rings (SSSR count). The fourth-order valence-corrected chi connectivity index (χ4v) is 2.84. The number of rotatable bonds is 6. The van der Waals surface area contributed by atoms with Crippen molar-refractivity contribution in [1.82, 2.24) is 4.90 Å². The maximum atomic E-state index is 6.33. The van der Waals surface area contributed by atoms with Crippen LogP contribution in [0, 0.1) is 0 Å². The zero-order chi connectivity index (χ0) is 15.4. The van der Waals surface area contributed by atoms with Gasteiger partial charge in [0.25, 0.3) is 0 Å². The van der Waals surface area contributed by atoms with Crippen LogP contribution in [-0.4, -0.2) is 18.0 Å². The summed E-state index contributed by atoms with van der Waals surface area (Å²) in [7, 11) is 2.08. The molecule has 2 N–H and O–H groups in total. The Morgan fingerprint density at radius 2 is 2.05 bits per heavy atom. The number of nitrogens with zero attached hydrogens (tertiary/aromatic N) is 1. The molecule has 0 amide bonds. The highest BCUT2D eigenvalue weighted by Crippen LogP contribution is 2.32. The Labute approximate surface area is 131 Å². The number of nitrogens with two attached hydrogens (primary N) is 1. The molecule has 0 bridgehead atoms. The third-order valence-corrected chi connectivity index (χ3v) is 4.33. The van der Waals surface area contributed by atoms with Crippen molar-refractivity contribution in [3.05, 3.63) is 59.0 Å². The average molecular weight is 307 g/mol. The molecule has 2 aromatic rings. The van der Waals surface area contributed by atoms with E-state index in [0.29, 0.717) is 0 Å². The summed E-state index contributed by atoms with van der Waals surface area (Å²) in [5, 5.41) is 0.752. The molecule has 0 saturated carbocycles. The second kappa shape index (κ2) is 7.12. The van der Waals surface area contributed by atoms with Crippen LogP contribution in [0.25, 0.3) is 0 Å². The first-order valence-corrected chi connectivity index (χ1v) is 7.68. The number of halogens is 1. The molecular formula is C17H23ClN2O. The van der Waals surface area contributed by atoms with Crippen LogP contribution in [0.5, 0.6) is 0 Å². The largest absolute Gasteiger partial charge is 0.468 e. The number of furan rings is 1. The van der Waals surface area contributed by atoms with Gasteiger partial charge in [-0.3, -0.25) is 4.90 Å². The number of benzene rings is 1. The maximum Gasteiger partial charge on any atom is 0.122 e. The first kappa shape index (κ1) is 16.1. The Hall–Kier alpha value is -1.29.